The summed E-state index contributed by atoms with van der Waals surface area (Å²) in [6.45, 7) is 2.14. The molecule has 0 fully saturated rings. The second-order valence-corrected chi connectivity index (χ2v) is 5.05. The van der Waals surface area contributed by atoms with Gasteiger partial charge in [-0.25, -0.2) is 4.98 Å². The molecule has 0 saturated heterocycles. The van der Waals surface area contributed by atoms with Gasteiger partial charge in [-0.1, -0.05) is 43.3 Å². The minimum Gasteiger partial charge on any atom is -0.298 e. The van der Waals surface area contributed by atoms with E-state index in [-0.39, 0.29) is 0 Å². The summed E-state index contributed by atoms with van der Waals surface area (Å²) in [6, 6.07) is 10.3. The Kier molecular flexibility index (Phi) is 3.46. The first-order chi connectivity index (χ1) is 9.81. The fraction of sp³-hybridized carbons (Fsp3) is 0.222. The van der Waals surface area contributed by atoms with Gasteiger partial charge in [-0.15, -0.1) is 0 Å². The molecule has 0 N–H and O–H groups in total. The third kappa shape index (κ3) is 2.29. The average Bonchev–Trinajstić information content (AvgIpc) is 2.54. The van der Waals surface area contributed by atoms with Gasteiger partial charge in [-0.05, 0) is 30.9 Å². The van der Waals surface area contributed by atoms with E-state index in [4.69, 9.17) is 4.98 Å². The Bertz CT molecular complexity index is 757. The molecule has 1 aliphatic carbocycles. The van der Waals surface area contributed by atoms with Gasteiger partial charge in [0.1, 0.15) is 0 Å². The van der Waals surface area contributed by atoms with E-state index in [1.54, 1.807) is 0 Å². The first-order valence-electron chi connectivity index (χ1n) is 7.07. The van der Waals surface area contributed by atoms with Crippen LogP contribution in [0.15, 0.2) is 30.3 Å². The maximum absolute atomic E-state index is 11.3. The normalized spacial score (nSPS) is 13.1. The molecule has 0 aliphatic heterocycles. The van der Waals surface area contributed by atoms with Gasteiger partial charge in [-0.3, -0.25) is 4.79 Å². The quantitative estimate of drug-likeness (QED) is 0.796. The van der Waals surface area contributed by atoms with Crippen LogP contribution in [0.4, 0.5) is 0 Å². The molecule has 0 spiro atoms. The van der Waals surface area contributed by atoms with E-state index in [9.17, 15) is 4.79 Å². The highest BCUT2D eigenvalue weighted by Crippen LogP contribution is 2.17. The first kappa shape index (κ1) is 12.8. The molecule has 1 heterocycles. The lowest BCUT2D eigenvalue weighted by Crippen LogP contribution is -2.33. The molecule has 2 nitrogen and oxygen atoms in total. The smallest absolute Gasteiger partial charge is 0.150 e. The third-order valence-corrected chi connectivity index (χ3v) is 3.76. The van der Waals surface area contributed by atoms with Crippen molar-refractivity contribution in [3.8, 4) is 11.3 Å². The molecule has 0 amide bonds. The molecule has 100 valence electrons. The number of pyridine rings is 1. The number of aromatic nitrogens is 1. The lowest BCUT2D eigenvalue weighted by atomic mass is 10.0. The molecule has 1 aromatic carbocycles. The van der Waals surface area contributed by atoms with Crippen LogP contribution in [0.1, 0.15) is 35.7 Å². The Labute approximate surface area is 118 Å². The molecule has 1 aliphatic rings. The van der Waals surface area contributed by atoms with E-state index in [0.29, 0.717) is 0 Å². The van der Waals surface area contributed by atoms with Crippen LogP contribution >= 0.6 is 0 Å². The maximum atomic E-state index is 11.3. The Morgan fingerprint density at radius 1 is 1.15 bits per heavy atom. The van der Waals surface area contributed by atoms with Crippen molar-refractivity contribution in [1.29, 1.82) is 0 Å². The monoisotopic (exact) mass is 263 g/mol. The summed E-state index contributed by atoms with van der Waals surface area (Å²) >= 11 is 0. The SMILES string of the molecule is CCc1ccc(-c2cc(C=O)c3c(n2)=CCCC=3)cc1. The zero-order valence-electron chi connectivity index (χ0n) is 11.6. The molecule has 0 unspecified atom stereocenters. The number of hydrogen-bond donors (Lipinski definition) is 0. The van der Waals surface area contributed by atoms with Crippen LogP contribution in [0.25, 0.3) is 23.4 Å². The second-order valence-electron chi connectivity index (χ2n) is 5.05. The topological polar surface area (TPSA) is 30.0 Å². The lowest BCUT2D eigenvalue weighted by Gasteiger charge is -2.07. The van der Waals surface area contributed by atoms with Crippen LogP contribution in [-0.4, -0.2) is 11.3 Å². The summed E-state index contributed by atoms with van der Waals surface area (Å²) in [7, 11) is 0. The number of aryl methyl sites for hydroxylation is 1. The van der Waals surface area contributed by atoms with Crippen molar-refractivity contribution in [3.05, 3.63) is 52.0 Å². The molecule has 0 atom stereocenters. The summed E-state index contributed by atoms with van der Waals surface area (Å²) in [5, 5.41) is 1.93. The molecule has 0 bridgehead atoms. The van der Waals surface area contributed by atoms with Crippen molar-refractivity contribution in [1.82, 2.24) is 4.98 Å². The number of rotatable bonds is 3. The minimum atomic E-state index is 0.737. The summed E-state index contributed by atoms with van der Waals surface area (Å²) in [5.41, 5.74) is 3.98. The molecular formula is C18H17NO. The van der Waals surface area contributed by atoms with Crippen LogP contribution in [0.3, 0.4) is 0 Å². The zero-order valence-corrected chi connectivity index (χ0v) is 11.6. The van der Waals surface area contributed by atoms with Gasteiger partial charge in [0.2, 0.25) is 0 Å². The number of benzene rings is 1. The van der Waals surface area contributed by atoms with Crippen molar-refractivity contribution in [2.75, 3.05) is 0 Å². The molecule has 0 radical (unpaired) electrons. The molecule has 0 saturated carbocycles. The van der Waals surface area contributed by atoms with E-state index in [2.05, 4.69) is 43.3 Å². The second kappa shape index (κ2) is 5.41. The summed E-state index contributed by atoms with van der Waals surface area (Å²) in [5.74, 6) is 0. The van der Waals surface area contributed by atoms with Crippen molar-refractivity contribution in [2.24, 2.45) is 0 Å². The highest BCUT2D eigenvalue weighted by molar-refractivity contribution is 5.79. The maximum Gasteiger partial charge on any atom is 0.150 e. The molecule has 1 aromatic heterocycles. The van der Waals surface area contributed by atoms with Gasteiger partial charge in [0.05, 0.1) is 11.0 Å². The standard InChI is InChI=1S/C18H17NO/c1-2-13-7-9-14(10-8-13)18-11-15(12-20)16-5-3-4-6-17(16)19-18/h5-12H,2-4H2,1H3. The van der Waals surface area contributed by atoms with E-state index in [0.717, 1.165) is 52.9 Å². The number of carbonyl (C=O) groups excluding carboxylic acids is 1. The molecular weight excluding hydrogens is 246 g/mol. The number of aldehydes is 1. The van der Waals surface area contributed by atoms with Crippen LogP contribution < -0.4 is 10.6 Å². The molecule has 2 heteroatoms. The zero-order chi connectivity index (χ0) is 13.9. The highest BCUT2D eigenvalue weighted by Gasteiger charge is 2.06. The summed E-state index contributed by atoms with van der Waals surface area (Å²) in [6.07, 6.45) is 8.17. The third-order valence-electron chi connectivity index (χ3n) is 3.76. The Balaban J connectivity index is 2.17. The van der Waals surface area contributed by atoms with Gasteiger partial charge in [0.15, 0.2) is 6.29 Å². The van der Waals surface area contributed by atoms with Crippen molar-refractivity contribution < 1.29 is 4.79 Å². The summed E-state index contributed by atoms with van der Waals surface area (Å²) < 4.78 is 0. The number of fused-ring (bicyclic) bond motifs is 1. The lowest BCUT2D eigenvalue weighted by molar-refractivity contribution is 0.112. The highest BCUT2D eigenvalue weighted by atomic mass is 16.1. The van der Waals surface area contributed by atoms with Crippen LogP contribution in [-0.2, 0) is 6.42 Å². The number of hydrogen-bond acceptors (Lipinski definition) is 2. The largest absolute Gasteiger partial charge is 0.298 e. The predicted molar refractivity (Wildman–Crippen MR) is 81.9 cm³/mol. The van der Waals surface area contributed by atoms with Crippen molar-refractivity contribution in [3.63, 3.8) is 0 Å². The fourth-order valence-electron chi connectivity index (χ4n) is 2.58. The van der Waals surface area contributed by atoms with Gasteiger partial charge < -0.3 is 0 Å². The van der Waals surface area contributed by atoms with Crippen LogP contribution in [0.2, 0.25) is 0 Å². The van der Waals surface area contributed by atoms with Crippen LogP contribution in [0, 0.1) is 0 Å². The molecule has 2 aromatic rings. The fourth-order valence-corrected chi connectivity index (χ4v) is 2.58. The van der Waals surface area contributed by atoms with E-state index < -0.39 is 0 Å². The van der Waals surface area contributed by atoms with Gasteiger partial charge >= 0.3 is 0 Å². The Morgan fingerprint density at radius 3 is 2.60 bits per heavy atom. The average molecular weight is 263 g/mol. The minimum absolute atomic E-state index is 0.737. The van der Waals surface area contributed by atoms with Gasteiger partial charge in [-0.2, -0.15) is 0 Å². The first-order valence-corrected chi connectivity index (χ1v) is 7.07. The van der Waals surface area contributed by atoms with E-state index >= 15 is 0 Å². The van der Waals surface area contributed by atoms with E-state index in [1.165, 1.54) is 5.56 Å². The van der Waals surface area contributed by atoms with E-state index in [1.807, 2.05) is 6.07 Å². The van der Waals surface area contributed by atoms with Crippen molar-refractivity contribution in [2.45, 2.75) is 26.2 Å². The predicted octanol–water partition coefficient (Wildman–Crippen LogP) is 2.48. The van der Waals surface area contributed by atoms with Gasteiger partial charge in [0.25, 0.3) is 0 Å². The molecule has 20 heavy (non-hydrogen) atoms. The Morgan fingerprint density at radius 2 is 1.90 bits per heavy atom. The summed E-state index contributed by atoms with van der Waals surface area (Å²) in [4.78, 5) is 16.0. The molecule has 3 rings (SSSR count). The van der Waals surface area contributed by atoms with Crippen LogP contribution in [0.5, 0.6) is 0 Å². The Hall–Kier alpha value is -2.22. The number of nitrogens with zero attached hydrogens (tertiary/aromatic N) is 1. The number of carbonyl (C=O) groups is 1. The van der Waals surface area contributed by atoms with Crippen molar-refractivity contribution >= 4 is 18.4 Å². The van der Waals surface area contributed by atoms with Gasteiger partial charge in [0, 0.05) is 16.3 Å².